The van der Waals surface area contributed by atoms with E-state index in [1.54, 1.807) is 12.4 Å². The molecule has 0 aliphatic carbocycles. The quantitative estimate of drug-likeness (QED) is 0.634. The van der Waals surface area contributed by atoms with E-state index >= 15 is 0 Å². The Morgan fingerprint density at radius 1 is 1.39 bits per heavy atom. The van der Waals surface area contributed by atoms with E-state index in [1.807, 2.05) is 12.1 Å². The highest BCUT2D eigenvalue weighted by atomic mass is 35.5. The van der Waals surface area contributed by atoms with Gasteiger partial charge in [0.2, 0.25) is 5.89 Å². The first-order valence-electron chi connectivity index (χ1n) is 5.26. The summed E-state index contributed by atoms with van der Waals surface area (Å²) in [5, 5.41) is 8.55. The Hall–Kier alpha value is -1.33. The maximum atomic E-state index is 5.52. The van der Waals surface area contributed by atoms with Gasteiger partial charge >= 0.3 is 0 Å². The number of rotatable bonds is 4. The molecule has 0 fully saturated rings. The molecule has 4 nitrogen and oxygen atoms in total. The molecule has 0 radical (unpaired) electrons. The van der Waals surface area contributed by atoms with E-state index in [-0.39, 0.29) is 12.4 Å². The van der Waals surface area contributed by atoms with Gasteiger partial charge in [-0.05, 0) is 26.0 Å². The zero-order chi connectivity index (χ0) is 12.1. The third kappa shape index (κ3) is 4.16. The molecule has 2 aromatic rings. The maximum Gasteiger partial charge on any atom is 0.277 e. The Bertz CT molecular complexity index is 509. The number of pyridine rings is 1. The second kappa shape index (κ2) is 7.18. The van der Waals surface area contributed by atoms with E-state index in [1.165, 1.54) is 17.3 Å². The highest BCUT2D eigenvalue weighted by molar-refractivity contribution is 7.99. The highest BCUT2D eigenvalue weighted by Crippen LogP contribution is 2.22. The summed E-state index contributed by atoms with van der Waals surface area (Å²) < 4.78 is 5.52. The predicted octanol–water partition coefficient (Wildman–Crippen LogP) is 3.61. The fraction of sp³-hybridized carbons (Fsp3) is 0.250. The second-order valence-electron chi connectivity index (χ2n) is 3.71. The van der Waals surface area contributed by atoms with E-state index in [0.717, 1.165) is 11.3 Å². The van der Waals surface area contributed by atoms with Gasteiger partial charge in [0.1, 0.15) is 0 Å². The normalized spacial score (nSPS) is 9.67. The predicted molar refractivity (Wildman–Crippen MR) is 74.9 cm³/mol. The Balaban J connectivity index is 0.00000162. The lowest BCUT2D eigenvalue weighted by molar-refractivity contribution is 0.466. The lowest BCUT2D eigenvalue weighted by Gasteiger charge is -1.92. The van der Waals surface area contributed by atoms with Crippen LogP contribution in [0.25, 0.3) is 11.5 Å². The van der Waals surface area contributed by atoms with Gasteiger partial charge in [-0.2, -0.15) is 0 Å². The van der Waals surface area contributed by atoms with Crippen molar-refractivity contribution in [3.05, 3.63) is 36.2 Å². The van der Waals surface area contributed by atoms with Crippen molar-refractivity contribution in [2.24, 2.45) is 0 Å². The molecule has 2 rings (SSSR count). The maximum absolute atomic E-state index is 5.52. The van der Waals surface area contributed by atoms with Crippen LogP contribution in [-0.4, -0.2) is 20.9 Å². The third-order valence-electron chi connectivity index (χ3n) is 2.01. The molecule has 2 aromatic heterocycles. The molecule has 0 N–H and O–H groups in total. The van der Waals surface area contributed by atoms with Crippen molar-refractivity contribution in [1.82, 2.24) is 15.2 Å². The third-order valence-corrected chi connectivity index (χ3v) is 2.76. The fourth-order valence-electron chi connectivity index (χ4n) is 1.15. The monoisotopic (exact) mass is 283 g/mol. The van der Waals surface area contributed by atoms with Gasteiger partial charge in [0, 0.05) is 18.1 Å². The molecule has 2 heterocycles. The molecule has 0 spiro atoms. The summed E-state index contributed by atoms with van der Waals surface area (Å²) in [6.07, 6.45) is 5.54. The second-order valence-corrected chi connectivity index (χ2v) is 4.68. The van der Waals surface area contributed by atoms with E-state index in [0.29, 0.717) is 11.1 Å². The zero-order valence-electron chi connectivity index (χ0n) is 10.2. The molecule has 0 saturated heterocycles. The Kier molecular flexibility index (Phi) is 5.88. The van der Waals surface area contributed by atoms with Crippen LogP contribution in [0, 0.1) is 0 Å². The van der Waals surface area contributed by atoms with Crippen molar-refractivity contribution in [3.63, 3.8) is 0 Å². The minimum absolute atomic E-state index is 0. The van der Waals surface area contributed by atoms with Crippen LogP contribution in [0.15, 0.2) is 45.8 Å². The van der Waals surface area contributed by atoms with Crippen molar-refractivity contribution in [2.75, 3.05) is 5.75 Å². The van der Waals surface area contributed by atoms with E-state index < -0.39 is 0 Å². The van der Waals surface area contributed by atoms with Crippen LogP contribution in [0.1, 0.15) is 13.8 Å². The van der Waals surface area contributed by atoms with E-state index in [9.17, 15) is 0 Å². The molecule has 6 heteroatoms. The summed E-state index contributed by atoms with van der Waals surface area (Å²) >= 11 is 1.53. The molecule has 0 atom stereocenters. The van der Waals surface area contributed by atoms with E-state index in [2.05, 4.69) is 35.1 Å². The Labute approximate surface area is 116 Å². The molecule has 0 saturated carbocycles. The average Bonchev–Trinajstić information content (AvgIpc) is 2.78. The van der Waals surface area contributed by atoms with Crippen molar-refractivity contribution in [1.29, 1.82) is 0 Å². The lowest BCUT2D eigenvalue weighted by atomic mass is 10.3. The van der Waals surface area contributed by atoms with Crippen molar-refractivity contribution < 1.29 is 4.42 Å². The molecule has 0 amide bonds. The number of thioether (sulfide) groups is 1. The van der Waals surface area contributed by atoms with Gasteiger partial charge in [0.15, 0.2) is 0 Å². The number of nitrogens with zero attached hydrogens (tertiary/aromatic N) is 3. The summed E-state index contributed by atoms with van der Waals surface area (Å²) in [5.74, 6) is 1.36. The Morgan fingerprint density at radius 3 is 2.89 bits per heavy atom. The summed E-state index contributed by atoms with van der Waals surface area (Å²) in [6.45, 7) is 4.13. The van der Waals surface area contributed by atoms with Crippen LogP contribution in [0.5, 0.6) is 0 Å². The summed E-state index contributed by atoms with van der Waals surface area (Å²) in [6, 6.07) is 3.74. The Morgan fingerprint density at radius 2 is 2.22 bits per heavy atom. The topological polar surface area (TPSA) is 51.8 Å². The fourth-order valence-corrected chi connectivity index (χ4v) is 1.95. The van der Waals surface area contributed by atoms with Crippen molar-refractivity contribution in [3.8, 4) is 11.5 Å². The van der Waals surface area contributed by atoms with Gasteiger partial charge in [0.25, 0.3) is 5.22 Å². The number of halogens is 1. The van der Waals surface area contributed by atoms with Crippen LogP contribution >= 0.6 is 24.2 Å². The number of allylic oxidation sites excluding steroid dienone is 1. The smallest absolute Gasteiger partial charge is 0.277 e. The van der Waals surface area contributed by atoms with E-state index in [4.69, 9.17) is 4.42 Å². The number of hydrogen-bond donors (Lipinski definition) is 0. The van der Waals surface area contributed by atoms with Gasteiger partial charge in [-0.3, -0.25) is 4.98 Å². The average molecular weight is 284 g/mol. The lowest BCUT2D eigenvalue weighted by Crippen LogP contribution is -1.78. The van der Waals surface area contributed by atoms with Gasteiger partial charge in [-0.25, -0.2) is 0 Å². The molecule has 0 bridgehead atoms. The SMILES string of the molecule is CC(C)=CCSc1nnc(-c2cccnc2)o1.Cl. The minimum Gasteiger partial charge on any atom is -0.411 e. The zero-order valence-corrected chi connectivity index (χ0v) is 11.8. The first-order valence-corrected chi connectivity index (χ1v) is 6.24. The van der Waals surface area contributed by atoms with Crippen LogP contribution in [0.2, 0.25) is 0 Å². The van der Waals surface area contributed by atoms with Crippen LogP contribution in [0.3, 0.4) is 0 Å². The summed E-state index contributed by atoms with van der Waals surface area (Å²) in [7, 11) is 0. The minimum atomic E-state index is 0. The van der Waals surface area contributed by atoms with Crippen LogP contribution in [-0.2, 0) is 0 Å². The first kappa shape index (κ1) is 14.7. The molecular formula is C12H14ClN3OS. The number of aromatic nitrogens is 3. The standard InChI is InChI=1S/C12H13N3OS.ClH/c1-9(2)5-7-17-12-15-14-11(16-12)10-4-3-6-13-8-10;/h3-6,8H,7H2,1-2H3;1H. The van der Waals surface area contributed by atoms with Crippen LogP contribution in [0.4, 0.5) is 0 Å². The molecule has 0 aliphatic heterocycles. The summed E-state index contributed by atoms with van der Waals surface area (Å²) in [5.41, 5.74) is 2.12. The van der Waals surface area contributed by atoms with Crippen LogP contribution < -0.4 is 0 Å². The van der Waals surface area contributed by atoms with Gasteiger partial charge in [0.05, 0.1) is 5.56 Å². The molecule has 0 aliphatic rings. The largest absolute Gasteiger partial charge is 0.411 e. The van der Waals surface area contributed by atoms with Crippen molar-refractivity contribution >= 4 is 24.2 Å². The molecular weight excluding hydrogens is 270 g/mol. The molecule has 0 aromatic carbocycles. The molecule has 18 heavy (non-hydrogen) atoms. The highest BCUT2D eigenvalue weighted by Gasteiger charge is 2.07. The molecule has 0 unspecified atom stereocenters. The van der Waals surface area contributed by atoms with Crippen molar-refractivity contribution in [2.45, 2.75) is 19.1 Å². The molecule has 96 valence electrons. The van der Waals surface area contributed by atoms with Gasteiger partial charge in [-0.1, -0.05) is 23.4 Å². The van der Waals surface area contributed by atoms with Gasteiger partial charge < -0.3 is 4.42 Å². The number of hydrogen-bond acceptors (Lipinski definition) is 5. The summed E-state index contributed by atoms with van der Waals surface area (Å²) in [4.78, 5) is 4.01. The first-order chi connectivity index (χ1) is 8.25. The van der Waals surface area contributed by atoms with Gasteiger partial charge in [-0.15, -0.1) is 22.6 Å².